The van der Waals surface area contributed by atoms with E-state index in [1.165, 1.54) is 38.6 Å². The predicted molar refractivity (Wildman–Crippen MR) is 125 cm³/mol. The minimum absolute atomic E-state index is 0. The van der Waals surface area contributed by atoms with Crippen molar-refractivity contribution in [1.82, 2.24) is 15.5 Å². The Bertz CT molecular complexity index is 793. The predicted octanol–water partition coefficient (Wildman–Crippen LogP) is 2.56. The SMILES string of the molecule is CCNC(=NCc1ccc(S(C)(=O)=O)c(C)c1)NCC1CCN(C2CC2)C1.I. The van der Waals surface area contributed by atoms with Crippen LogP contribution < -0.4 is 10.6 Å². The maximum atomic E-state index is 11.7. The first-order chi connectivity index (χ1) is 12.9. The Balaban J connectivity index is 0.00000280. The molecule has 1 unspecified atom stereocenters. The van der Waals surface area contributed by atoms with E-state index in [4.69, 9.17) is 0 Å². The van der Waals surface area contributed by atoms with Crippen LogP contribution in [0.5, 0.6) is 0 Å². The summed E-state index contributed by atoms with van der Waals surface area (Å²) in [6.45, 7) is 8.61. The Labute approximate surface area is 186 Å². The number of hydrogen-bond acceptors (Lipinski definition) is 4. The second-order valence-corrected chi connectivity index (χ2v) is 9.81. The first kappa shape index (κ1) is 23.4. The average molecular weight is 520 g/mol. The molecule has 1 atom stereocenters. The van der Waals surface area contributed by atoms with Gasteiger partial charge in [-0.15, -0.1) is 24.0 Å². The summed E-state index contributed by atoms with van der Waals surface area (Å²) in [6.07, 6.45) is 5.26. The lowest BCUT2D eigenvalue weighted by atomic mass is 10.1. The molecule has 1 aliphatic heterocycles. The Morgan fingerprint density at radius 2 is 2.00 bits per heavy atom. The second-order valence-electron chi connectivity index (χ2n) is 7.83. The van der Waals surface area contributed by atoms with Crippen LogP contribution in [0.25, 0.3) is 0 Å². The van der Waals surface area contributed by atoms with E-state index in [9.17, 15) is 8.42 Å². The summed E-state index contributed by atoms with van der Waals surface area (Å²) >= 11 is 0. The number of rotatable bonds is 7. The summed E-state index contributed by atoms with van der Waals surface area (Å²) in [5.41, 5.74) is 1.78. The van der Waals surface area contributed by atoms with E-state index >= 15 is 0 Å². The largest absolute Gasteiger partial charge is 0.357 e. The highest BCUT2D eigenvalue weighted by molar-refractivity contribution is 14.0. The van der Waals surface area contributed by atoms with Crippen molar-refractivity contribution < 1.29 is 8.42 Å². The number of halogens is 1. The van der Waals surface area contributed by atoms with Gasteiger partial charge in [-0.25, -0.2) is 13.4 Å². The molecule has 0 amide bonds. The van der Waals surface area contributed by atoms with Crippen LogP contribution >= 0.6 is 24.0 Å². The summed E-state index contributed by atoms with van der Waals surface area (Å²) < 4.78 is 23.5. The molecule has 2 fully saturated rings. The van der Waals surface area contributed by atoms with Crippen LogP contribution in [0.15, 0.2) is 28.1 Å². The number of guanidine groups is 1. The molecule has 0 bridgehead atoms. The molecule has 6 nitrogen and oxygen atoms in total. The molecular formula is C20H33IN4O2S. The Kier molecular flexibility index (Phi) is 8.57. The van der Waals surface area contributed by atoms with E-state index in [1.54, 1.807) is 6.07 Å². The minimum Gasteiger partial charge on any atom is -0.357 e. The number of aliphatic imine (C=N–C) groups is 1. The zero-order chi connectivity index (χ0) is 19.4. The van der Waals surface area contributed by atoms with Crippen molar-refractivity contribution in [3.63, 3.8) is 0 Å². The van der Waals surface area contributed by atoms with Crippen molar-refractivity contribution in [3.05, 3.63) is 29.3 Å². The van der Waals surface area contributed by atoms with E-state index in [2.05, 4.69) is 27.4 Å². The summed E-state index contributed by atoms with van der Waals surface area (Å²) in [5.74, 6) is 1.51. The first-order valence-corrected chi connectivity index (χ1v) is 11.8. The molecule has 0 radical (unpaired) electrons. The standard InChI is InChI=1S/C20H32N4O2S.HI/c1-4-21-20(23-13-17-9-10-24(14-17)18-6-7-18)22-12-16-5-8-19(15(2)11-16)27(3,25)26;/h5,8,11,17-18H,4,6-7,9-10,12-14H2,1-3H3,(H2,21,22,23);1H. The van der Waals surface area contributed by atoms with E-state index < -0.39 is 9.84 Å². The van der Waals surface area contributed by atoms with Crippen LogP contribution in [0.2, 0.25) is 0 Å². The van der Waals surface area contributed by atoms with Crippen molar-refractivity contribution >= 4 is 39.8 Å². The lowest BCUT2D eigenvalue weighted by Gasteiger charge is -2.17. The topological polar surface area (TPSA) is 73.8 Å². The van der Waals surface area contributed by atoms with E-state index in [0.717, 1.165) is 36.2 Å². The fourth-order valence-corrected chi connectivity index (χ4v) is 4.74. The van der Waals surface area contributed by atoms with Gasteiger partial charge in [0.2, 0.25) is 0 Å². The first-order valence-electron chi connectivity index (χ1n) is 9.92. The molecule has 0 spiro atoms. The molecule has 1 aliphatic carbocycles. The highest BCUT2D eigenvalue weighted by Gasteiger charge is 2.34. The summed E-state index contributed by atoms with van der Waals surface area (Å²) in [7, 11) is -3.18. The van der Waals surface area contributed by atoms with E-state index in [0.29, 0.717) is 17.4 Å². The van der Waals surface area contributed by atoms with E-state index in [-0.39, 0.29) is 24.0 Å². The molecule has 1 heterocycles. The molecule has 158 valence electrons. The smallest absolute Gasteiger partial charge is 0.191 e. The molecule has 0 aromatic heterocycles. The van der Waals surface area contributed by atoms with Crippen LogP contribution in [0.3, 0.4) is 0 Å². The van der Waals surface area contributed by atoms with Gasteiger partial charge in [0.25, 0.3) is 0 Å². The number of nitrogens with one attached hydrogen (secondary N) is 2. The third-order valence-corrected chi connectivity index (χ3v) is 6.60. The van der Waals surface area contributed by atoms with Gasteiger partial charge < -0.3 is 15.5 Å². The number of aryl methyl sites for hydroxylation is 1. The highest BCUT2D eigenvalue weighted by Crippen LogP contribution is 2.31. The summed E-state index contributed by atoms with van der Waals surface area (Å²) in [5, 5.41) is 6.78. The zero-order valence-electron chi connectivity index (χ0n) is 17.1. The van der Waals surface area contributed by atoms with Gasteiger partial charge >= 0.3 is 0 Å². The van der Waals surface area contributed by atoms with Gasteiger partial charge in [-0.2, -0.15) is 0 Å². The third kappa shape index (κ3) is 6.59. The Morgan fingerprint density at radius 1 is 1.25 bits per heavy atom. The molecule has 8 heteroatoms. The number of sulfone groups is 1. The molecule has 1 saturated carbocycles. The molecule has 2 aliphatic rings. The Hall–Kier alpha value is -0.870. The number of hydrogen-bond donors (Lipinski definition) is 2. The van der Waals surface area contributed by atoms with Gasteiger partial charge in [-0.3, -0.25) is 0 Å². The minimum atomic E-state index is -3.18. The molecule has 3 rings (SSSR count). The normalized spacial score (nSPS) is 20.7. The molecule has 28 heavy (non-hydrogen) atoms. The summed E-state index contributed by atoms with van der Waals surface area (Å²) in [4.78, 5) is 7.69. The molecule has 1 saturated heterocycles. The lowest BCUT2D eigenvalue weighted by molar-refractivity contribution is 0.314. The van der Waals surface area contributed by atoms with Crippen LogP contribution in [0, 0.1) is 12.8 Å². The summed E-state index contributed by atoms with van der Waals surface area (Å²) in [6, 6.07) is 6.30. The van der Waals surface area contributed by atoms with Gasteiger partial charge in [0.05, 0.1) is 11.4 Å². The van der Waals surface area contributed by atoms with Crippen LogP contribution in [-0.4, -0.2) is 57.8 Å². The third-order valence-electron chi connectivity index (χ3n) is 5.34. The van der Waals surface area contributed by atoms with Gasteiger partial charge in [0.1, 0.15) is 0 Å². The number of likely N-dealkylation sites (tertiary alicyclic amines) is 1. The van der Waals surface area contributed by atoms with Gasteiger partial charge in [0.15, 0.2) is 15.8 Å². The monoisotopic (exact) mass is 520 g/mol. The van der Waals surface area contributed by atoms with Gasteiger partial charge in [-0.05, 0) is 62.8 Å². The van der Waals surface area contributed by atoms with Crippen LogP contribution in [0.4, 0.5) is 0 Å². The quantitative estimate of drug-likeness (QED) is 0.329. The van der Waals surface area contributed by atoms with Gasteiger partial charge in [0, 0.05) is 31.9 Å². The van der Waals surface area contributed by atoms with Gasteiger partial charge in [-0.1, -0.05) is 12.1 Å². The van der Waals surface area contributed by atoms with Crippen LogP contribution in [0.1, 0.15) is 37.3 Å². The number of benzene rings is 1. The number of nitrogens with zero attached hydrogens (tertiary/aromatic N) is 2. The lowest BCUT2D eigenvalue weighted by Crippen LogP contribution is -2.40. The molecular weight excluding hydrogens is 487 g/mol. The fourth-order valence-electron chi connectivity index (χ4n) is 3.78. The van der Waals surface area contributed by atoms with Crippen molar-refractivity contribution in [2.24, 2.45) is 10.9 Å². The Morgan fingerprint density at radius 3 is 2.61 bits per heavy atom. The van der Waals surface area contributed by atoms with E-state index in [1.807, 2.05) is 19.1 Å². The van der Waals surface area contributed by atoms with Crippen LogP contribution in [-0.2, 0) is 16.4 Å². The van der Waals surface area contributed by atoms with Crippen molar-refractivity contribution in [2.45, 2.75) is 50.6 Å². The maximum absolute atomic E-state index is 11.7. The highest BCUT2D eigenvalue weighted by atomic mass is 127. The molecule has 1 aromatic carbocycles. The second kappa shape index (κ2) is 10.2. The zero-order valence-corrected chi connectivity index (χ0v) is 20.2. The molecule has 2 N–H and O–H groups in total. The van der Waals surface area contributed by atoms with Crippen molar-refractivity contribution in [1.29, 1.82) is 0 Å². The van der Waals surface area contributed by atoms with Crippen molar-refractivity contribution in [2.75, 3.05) is 32.4 Å². The van der Waals surface area contributed by atoms with Crippen molar-refractivity contribution in [3.8, 4) is 0 Å². The average Bonchev–Trinajstić information content (AvgIpc) is 3.35. The fraction of sp³-hybridized carbons (Fsp3) is 0.650. The maximum Gasteiger partial charge on any atom is 0.191 e. The molecule has 1 aromatic rings.